The van der Waals surface area contributed by atoms with E-state index in [4.69, 9.17) is 0 Å². The molecule has 154 valence electrons. The summed E-state index contributed by atoms with van der Waals surface area (Å²) in [5, 5.41) is 10.7. The third-order valence-electron chi connectivity index (χ3n) is 5.95. The average molecular weight is 473 g/mol. The van der Waals surface area contributed by atoms with Gasteiger partial charge >= 0.3 is 5.97 Å². The van der Waals surface area contributed by atoms with E-state index in [-0.39, 0.29) is 26.9 Å². The predicted molar refractivity (Wildman–Crippen MR) is 131 cm³/mol. The van der Waals surface area contributed by atoms with Crippen LogP contribution < -0.4 is 0 Å². The van der Waals surface area contributed by atoms with E-state index in [2.05, 4.69) is 31.2 Å². The molecule has 0 saturated carbocycles. The third-order valence-corrected chi connectivity index (χ3v) is 5.95. The number of carboxylic acid groups (broad SMARTS) is 1. The Balaban J connectivity index is 0.00000210. The molecule has 0 aliphatic rings. The van der Waals surface area contributed by atoms with Crippen molar-refractivity contribution in [2.75, 3.05) is 0 Å². The number of benzene rings is 3. The van der Waals surface area contributed by atoms with Gasteiger partial charge in [0.2, 0.25) is 0 Å². The molecular weight excluding hydrogens is 443 g/mol. The molecular formula is C25H30BrO2P. The van der Waals surface area contributed by atoms with Gasteiger partial charge in [-0.2, -0.15) is 9.90 Å². The van der Waals surface area contributed by atoms with E-state index in [1.165, 1.54) is 0 Å². The van der Waals surface area contributed by atoms with Crippen LogP contribution in [0.5, 0.6) is 0 Å². The highest BCUT2D eigenvalue weighted by molar-refractivity contribution is 8.93. The summed E-state index contributed by atoms with van der Waals surface area (Å²) in [6, 6.07) is 29.9. The Morgan fingerprint density at radius 2 is 1.03 bits per heavy atom. The molecule has 3 aromatic carbocycles. The minimum absolute atomic E-state index is 0. The lowest BCUT2D eigenvalue weighted by Crippen LogP contribution is -2.54. The topological polar surface area (TPSA) is 37.3 Å². The van der Waals surface area contributed by atoms with Crippen LogP contribution in [0.2, 0.25) is 0 Å². The number of hydrogen-bond acceptors (Lipinski definition) is 1. The van der Waals surface area contributed by atoms with Gasteiger partial charge in [0.25, 0.3) is 0 Å². The lowest BCUT2D eigenvalue weighted by Gasteiger charge is -2.49. The van der Waals surface area contributed by atoms with Gasteiger partial charge in [-0.3, -0.25) is 4.79 Å². The normalized spacial score (nSPS) is 12.8. The number of carboxylic acids is 1. The van der Waals surface area contributed by atoms with E-state index in [0.29, 0.717) is 12.8 Å². The van der Waals surface area contributed by atoms with E-state index in [1.807, 2.05) is 73.7 Å². The van der Waals surface area contributed by atoms with E-state index in [1.54, 1.807) is 0 Å². The third kappa shape index (κ3) is 4.04. The summed E-state index contributed by atoms with van der Waals surface area (Å²) in [4.78, 5) is 13.0. The summed E-state index contributed by atoms with van der Waals surface area (Å²) < 4.78 is 0. The average Bonchev–Trinajstić information content (AvgIpc) is 2.74. The Bertz CT molecular complexity index is 845. The fourth-order valence-electron chi connectivity index (χ4n) is 4.75. The largest absolute Gasteiger partial charge is 0.481 e. The second kappa shape index (κ2) is 10.7. The zero-order valence-corrected chi connectivity index (χ0v) is 20.2. The van der Waals surface area contributed by atoms with Crippen LogP contribution in [0.25, 0.3) is 0 Å². The Labute approximate surface area is 187 Å². The van der Waals surface area contributed by atoms with Crippen molar-refractivity contribution in [1.29, 1.82) is 0 Å². The number of carbonyl (C=O) groups is 1. The van der Waals surface area contributed by atoms with Crippen LogP contribution in [0.3, 0.4) is 0 Å². The number of aliphatic carboxylic acids is 1. The SMILES string of the molecule is Br.CCC(C(=O)O)(c1ccccc1)C(CC)(c1ccccc1)c1ccccc1.P. The standard InChI is InChI=1S/C25H26O2.BrH.H3P/c1-3-24(20-14-8-5-9-15-20,21-16-10-6-11-17-21)25(4-2,23(26)27)22-18-12-7-13-19-22;;/h5-19H,3-4H2,1-2H3,(H,26,27);1H;1H3. The van der Waals surface area contributed by atoms with Gasteiger partial charge in [-0.1, -0.05) is 105 Å². The molecule has 0 aliphatic heterocycles. The van der Waals surface area contributed by atoms with Crippen molar-refractivity contribution in [2.24, 2.45) is 0 Å². The maximum atomic E-state index is 13.0. The van der Waals surface area contributed by atoms with Gasteiger partial charge in [0.1, 0.15) is 5.41 Å². The van der Waals surface area contributed by atoms with Gasteiger partial charge in [0, 0.05) is 5.41 Å². The van der Waals surface area contributed by atoms with Gasteiger partial charge in [-0.25, -0.2) is 0 Å². The summed E-state index contributed by atoms with van der Waals surface area (Å²) in [6.45, 7) is 4.08. The fourth-order valence-corrected chi connectivity index (χ4v) is 4.75. The molecule has 0 aliphatic carbocycles. The first-order chi connectivity index (χ1) is 13.1. The van der Waals surface area contributed by atoms with Gasteiger partial charge in [-0.15, -0.1) is 17.0 Å². The Hall–Kier alpha value is -1.96. The Kier molecular flexibility index (Phi) is 9.26. The van der Waals surface area contributed by atoms with Gasteiger partial charge < -0.3 is 5.11 Å². The molecule has 0 bridgehead atoms. The molecule has 0 spiro atoms. The smallest absolute Gasteiger partial charge is 0.315 e. The zero-order valence-electron chi connectivity index (χ0n) is 17.0. The summed E-state index contributed by atoms with van der Waals surface area (Å²) in [5.41, 5.74) is 1.15. The van der Waals surface area contributed by atoms with E-state index >= 15 is 0 Å². The van der Waals surface area contributed by atoms with Crippen molar-refractivity contribution in [2.45, 2.75) is 37.5 Å². The second-order valence-electron chi connectivity index (χ2n) is 6.92. The maximum Gasteiger partial charge on any atom is 0.315 e. The first kappa shape index (κ1) is 25.1. The van der Waals surface area contributed by atoms with E-state index in [9.17, 15) is 9.90 Å². The molecule has 0 aromatic heterocycles. The maximum absolute atomic E-state index is 13.0. The summed E-state index contributed by atoms with van der Waals surface area (Å²) in [6.07, 6.45) is 1.17. The van der Waals surface area contributed by atoms with Crippen molar-refractivity contribution in [3.05, 3.63) is 108 Å². The van der Waals surface area contributed by atoms with Crippen LogP contribution in [0.15, 0.2) is 91.0 Å². The van der Waals surface area contributed by atoms with Crippen molar-refractivity contribution in [3.8, 4) is 0 Å². The van der Waals surface area contributed by atoms with Crippen molar-refractivity contribution in [1.82, 2.24) is 0 Å². The highest BCUT2D eigenvalue weighted by atomic mass is 79.9. The summed E-state index contributed by atoms with van der Waals surface area (Å²) in [5.74, 6) is -0.786. The molecule has 1 N–H and O–H groups in total. The molecule has 0 heterocycles. The highest BCUT2D eigenvalue weighted by Crippen LogP contribution is 2.53. The first-order valence-electron chi connectivity index (χ1n) is 9.53. The quantitative estimate of drug-likeness (QED) is 0.401. The molecule has 2 unspecified atom stereocenters. The minimum atomic E-state index is -1.08. The van der Waals surface area contributed by atoms with Crippen LogP contribution in [0, 0.1) is 0 Å². The molecule has 29 heavy (non-hydrogen) atoms. The lowest BCUT2D eigenvalue weighted by molar-refractivity contribution is -0.147. The lowest BCUT2D eigenvalue weighted by atomic mass is 9.52. The van der Waals surface area contributed by atoms with Gasteiger partial charge in [-0.05, 0) is 29.5 Å². The van der Waals surface area contributed by atoms with Crippen LogP contribution >= 0.6 is 26.9 Å². The molecule has 0 radical (unpaired) electrons. The monoisotopic (exact) mass is 472 g/mol. The molecule has 2 nitrogen and oxygen atoms in total. The van der Waals surface area contributed by atoms with Gasteiger partial charge in [0.15, 0.2) is 0 Å². The zero-order chi connectivity index (χ0) is 19.3. The van der Waals surface area contributed by atoms with Crippen LogP contribution in [0.4, 0.5) is 0 Å². The highest BCUT2D eigenvalue weighted by Gasteiger charge is 2.57. The van der Waals surface area contributed by atoms with Gasteiger partial charge in [0.05, 0.1) is 0 Å². The number of halogens is 1. The predicted octanol–water partition coefficient (Wildman–Crippen LogP) is 6.45. The molecule has 0 fully saturated rings. The Morgan fingerprint density at radius 1 is 0.690 bits per heavy atom. The molecule has 2 atom stereocenters. The second-order valence-corrected chi connectivity index (χ2v) is 6.92. The van der Waals surface area contributed by atoms with Crippen molar-refractivity contribution < 1.29 is 9.90 Å². The molecule has 3 aromatic rings. The van der Waals surface area contributed by atoms with Crippen LogP contribution in [-0.4, -0.2) is 11.1 Å². The molecule has 0 saturated heterocycles. The van der Waals surface area contributed by atoms with E-state index < -0.39 is 16.8 Å². The minimum Gasteiger partial charge on any atom is -0.481 e. The Morgan fingerprint density at radius 3 is 1.31 bits per heavy atom. The summed E-state index contributed by atoms with van der Waals surface area (Å²) in [7, 11) is 0. The van der Waals surface area contributed by atoms with Crippen LogP contribution in [-0.2, 0) is 15.6 Å². The van der Waals surface area contributed by atoms with E-state index in [0.717, 1.165) is 16.7 Å². The molecule has 0 amide bonds. The van der Waals surface area contributed by atoms with Crippen molar-refractivity contribution in [3.63, 3.8) is 0 Å². The fraction of sp³-hybridized carbons (Fsp3) is 0.240. The van der Waals surface area contributed by atoms with Crippen molar-refractivity contribution >= 4 is 32.8 Å². The molecule has 4 heteroatoms. The van der Waals surface area contributed by atoms with Crippen LogP contribution in [0.1, 0.15) is 43.4 Å². The number of rotatable bonds is 7. The first-order valence-corrected chi connectivity index (χ1v) is 9.53. The number of hydrogen-bond donors (Lipinski definition) is 1. The summed E-state index contributed by atoms with van der Waals surface area (Å²) >= 11 is 0. The molecule has 3 rings (SSSR count).